The second-order valence-corrected chi connectivity index (χ2v) is 16.7. The Balaban J connectivity index is 1.29. The lowest BCUT2D eigenvalue weighted by Gasteiger charge is -2.31. The van der Waals surface area contributed by atoms with Gasteiger partial charge >= 0.3 is 0 Å². The highest BCUT2D eigenvalue weighted by Gasteiger charge is 2.40. The molecule has 2 bridgehead atoms. The number of unbranched alkanes of at least 4 members (excludes halogenated alkanes) is 1. The van der Waals surface area contributed by atoms with Crippen LogP contribution in [0.25, 0.3) is 10.9 Å². The molecule has 2 amide bonds. The normalized spacial score (nSPS) is 23.6. The fourth-order valence-electron chi connectivity index (χ4n) is 8.33. The first-order valence-corrected chi connectivity index (χ1v) is 21.0. The van der Waals surface area contributed by atoms with Gasteiger partial charge in [0.2, 0.25) is 11.8 Å². The maximum absolute atomic E-state index is 14.6. The molecule has 0 aliphatic carbocycles. The van der Waals surface area contributed by atoms with E-state index in [9.17, 15) is 14.4 Å². The van der Waals surface area contributed by atoms with E-state index in [1.54, 1.807) is 18.1 Å². The van der Waals surface area contributed by atoms with Crippen LogP contribution < -0.4 is 27.0 Å². The molecule has 2 fully saturated rings. The average molecular weight is 801 g/mol. The summed E-state index contributed by atoms with van der Waals surface area (Å²) in [6.07, 6.45) is 8.22. The molecule has 5 heterocycles. The van der Waals surface area contributed by atoms with Crippen LogP contribution in [0, 0.1) is 5.92 Å². The van der Waals surface area contributed by atoms with Gasteiger partial charge in [-0.2, -0.15) is 0 Å². The monoisotopic (exact) mass is 800 g/mol. The van der Waals surface area contributed by atoms with Gasteiger partial charge in [-0.25, -0.2) is 4.98 Å². The summed E-state index contributed by atoms with van der Waals surface area (Å²) in [6.45, 7) is 2.95. The Bertz CT molecular complexity index is 2030. The molecule has 0 spiro atoms. The Hall–Kier alpha value is -3.98. The lowest BCUT2D eigenvalue weighted by Crippen LogP contribution is -2.51. The molecule has 2 aromatic heterocycles. The number of rotatable bonds is 10. The highest BCUT2D eigenvalue weighted by Crippen LogP contribution is 2.42. The number of halogens is 1. The summed E-state index contributed by atoms with van der Waals surface area (Å²) in [5, 5.41) is 9.02. The summed E-state index contributed by atoms with van der Waals surface area (Å²) < 4.78 is 5.90. The van der Waals surface area contributed by atoms with Crippen molar-refractivity contribution < 1.29 is 19.1 Å². The van der Waals surface area contributed by atoms with Gasteiger partial charge in [0.05, 0.1) is 29.8 Å². The third kappa shape index (κ3) is 9.09. The number of carbonyl (C=O) groups excluding carboxylic acids is 3. The Morgan fingerprint density at radius 2 is 1.84 bits per heavy atom. The van der Waals surface area contributed by atoms with Gasteiger partial charge in [0, 0.05) is 79.3 Å². The Labute approximate surface area is 337 Å². The summed E-state index contributed by atoms with van der Waals surface area (Å²) in [7, 11) is 1.69. The van der Waals surface area contributed by atoms with Crippen molar-refractivity contribution in [1.29, 1.82) is 0 Å². The van der Waals surface area contributed by atoms with E-state index < -0.39 is 18.0 Å². The molecule has 7 N–H and O–H groups in total. The minimum atomic E-state index is -0.862. The number of para-hydroxylation sites is 1. The number of ether oxygens (including phenoxy) is 1. The molecule has 2 aromatic carbocycles. The maximum Gasteiger partial charge on any atom is 0.243 e. The van der Waals surface area contributed by atoms with Crippen molar-refractivity contribution in [2.75, 3.05) is 38.2 Å². The molecule has 0 radical (unpaired) electrons. The molecule has 5 atom stereocenters. The van der Waals surface area contributed by atoms with Gasteiger partial charge in [-0.1, -0.05) is 54.0 Å². The van der Waals surface area contributed by atoms with Crippen LogP contribution in [0.4, 0.5) is 5.69 Å². The first-order valence-electron chi connectivity index (χ1n) is 19.8. The molecular weight excluding hydrogens is 748 g/mol. The number of aromatic nitrogens is 2. The highest BCUT2D eigenvalue weighted by atomic mass is 35.5. The van der Waals surface area contributed by atoms with E-state index in [0.29, 0.717) is 56.9 Å². The zero-order valence-corrected chi connectivity index (χ0v) is 33.5. The number of ketones is 1. The number of hydrogen-bond donors (Lipinski definition) is 5. The number of Topliss-reactive ketones (excluding diaryl/α,β-unsaturated/α-hetero) is 1. The van der Waals surface area contributed by atoms with Crippen molar-refractivity contribution in [3.8, 4) is 0 Å². The van der Waals surface area contributed by atoms with Crippen LogP contribution in [0.2, 0.25) is 5.02 Å². The predicted octanol–water partition coefficient (Wildman–Crippen LogP) is 4.95. The second kappa shape index (κ2) is 18.5. The lowest BCUT2D eigenvalue weighted by molar-refractivity contribution is -0.143. The van der Waals surface area contributed by atoms with E-state index in [4.69, 9.17) is 32.8 Å². The molecule has 3 aliphatic heterocycles. The number of nitrogens with one attached hydrogen (secondary N) is 3. The number of nitrogens with two attached hydrogens (primary N) is 2. The number of amides is 2. The Kier molecular flexibility index (Phi) is 13.3. The first kappa shape index (κ1) is 40.2. The fourth-order valence-corrected chi connectivity index (χ4v) is 9.68. The van der Waals surface area contributed by atoms with E-state index in [1.807, 2.05) is 48.7 Å². The molecule has 14 heteroatoms. The second-order valence-electron chi connectivity index (χ2n) is 15.2. The van der Waals surface area contributed by atoms with Crippen molar-refractivity contribution in [2.45, 2.75) is 98.6 Å². The van der Waals surface area contributed by atoms with Gasteiger partial charge in [0.15, 0.2) is 5.78 Å². The standard InChI is InChI=1S/C42H53ClN8O4S/c1-50-37(17-28-22-47-35-11-3-2-10-33(28)35)40(53)49-23-29-16-30(51-24-32-19-31(51)25-55-32)20-34(43)39(29)56-41-27(9-7-15-46-41)21-48-36(12-6-14-45)38(52)18-26(42(50)54)8-4-5-13-44/h2-3,7,9-11,15-16,20,22,26,31-32,36-37,47-48H,4-6,8,12-14,17-19,21,23-25,44-45H2,1H3,(H,49,53)/t26-,31?,32?,36+,37+/m1/s1. The van der Waals surface area contributed by atoms with Gasteiger partial charge in [0.1, 0.15) is 11.1 Å². The number of anilines is 1. The van der Waals surface area contributed by atoms with Gasteiger partial charge in [0.25, 0.3) is 0 Å². The van der Waals surface area contributed by atoms with Crippen LogP contribution in [0.5, 0.6) is 0 Å². The van der Waals surface area contributed by atoms with Crippen molar-refractivity contribution in [1.82, 2.24) is 25.5 Å². The number of morpholine rings is 1. The minimum Gasteiger partial charge on any atom is -0.374 e. The zero-order valence-electron chi connectivity index (χ0n) is 32.0. The third-order valence-electron chi connectivity index (χ3n) is 11.5. The Morgan fingerprint density at radius 1 is 1.00 bits per heavy atom. The number of aromatic amines is 1. The van der Waals surface area contributed by atoms with Crippen molar-refractivity contribution in [3.05, 3.63) is 82.6 Å². The van der Waals surface area contributed by atoms with Gasteiger partial charge in [-0.05, 0) is 86.1 Å². The smallest absolute Gasteiger partial charge is 0.243 e. The van der Waals surface area contributed by atoms with Crippen LogP contribution in [0.15, 0.2) is 70.8 Å². The summed E-state index contributed by atoms with van der Waals surface area (Å²) in [5.74, 6) is -1.21. The molecule has 2 unspecified atom stereocenters. The third-order valence-corrected chi connectivity index (χ3v) is 13.1. The topological polar surface area (TPSA) is 172 Å². The summed E-state index contributed by atoms with van der Waals surface area (Å²) in [6, 6.07) is 14.8. The van der Waals surface area contributed by atoms with E-state index in [1.165, 1.54) is 11.8 Å². The number of H-pyrrole nitrogens is 1. The number of pyridine rings is 1. The SMILES string of the molecule is CN1C(=O)[C@H](CCCCN)CC(=O)[C@H](CCCN)NCc2cccnc2Sc2c(Cl)cc(N3CC4CC3CO4)cc2CNC(=O)[C@@H]1Cc1c[nH]c2ccccc12. The molecule has 3 aliphatic rings. The number of nitrogens with zero attached hydrogens (tertiary/aromatic N) is 3. The van der Waals surface area contributed by atoms with Gasteiger partial charge < -0.3 is 41.6 Å². The molecule has 298 valence electrons. The summed E-state index contributed by atoms with van der Waals surface area (Å²) in [5.41, 5.74) is 16.4. The van der Waals surface area contributed by atoms with Crippen LogP contribution in [0.3, 0.4) is 0 Å². The van der Waals surface area contributed by atoms with Crippen molar-refractivity contribution >= 4 is 57.6 Å². The molecule has 7 rings (SSSR count). The van der Waals surface area contributed by atoms with Crippen LogP contribution >= 0.6 is 23.4 Å². The number of likely N-dealkylation sites (N-methyl/N-ethyl adjacent to an activating group) is 1. The van der Waals surface area contributed by atoms with Crippen molar-refractivity contribution in [3.63, 3.8) is 0 Å². The quantitative estimate of drug-likeness (QED) is 0.138. The van der Waals surface area contributed by atoms with Gasteiger partial charge in [-0.3, -0.25) is 14.4 Å². The largest absolute Gasteiger partial charge is 0.374 e. The number of benzene rings is 2. The zero-order chi connectivity index (χ0) is 39.2. The molecule has 4 aromatic rings. The van der Waals surface area contributed by atoms with E-state index in [-0.39, 0.29) is 49.1 Å². The summed E-state index contributed by atoms with van der Waals surface area (Å²) >= 11 is 8.64. The van der Waals surface area contributed by atoms with E-state index in [0.717, 1.165) is 62.6 Å². The number of fused-ring (bicyclic) bond motifs is 5. The van der Waals surface area contributed by atoms with Gasteiger partial charge in [-0.15, -0.1) is 0 Å². The predicted molar refractivity (Wildman–Crippen MR) is 221 cm³/mol. The van der Waals surface area contributed by atoms with E-state index >= 15 is 0 Å². The highest BCUT2D eigenvalue weighted by molar-refractivity contribution is 7.99. The van der Waals surface area contributed by atoms with Crippen LogP contribution in [0.1, 0.15) is 61.6 Å². The lowest BCUT2D eigenvalue weighted by atomic mass is 9.90. The van der Waals surface area contributed by atoms with Crippen LogP contribution in [-0.2, 0) is 38.6 Å². The van der Waals surface area contributed by atoms with Crippen molar-refractivity contribution in [2.24, 2.45) is 17.4 Å². The molecular formula is C42H53ClN8O4S. The number of carbonyl (C=O) groups is 3. The number of hydrogen-bond acceptors (Lipinski definition) is 10. The average Bonchev–Trinajstić information content (AvgIpc) is 3.96. The first-order chi connectivity index (χ1) is 27.2. The van der Waals surface area contributed by atoms with Crippen LogP contribution in [-0.4, -0.2) is 90.0 Å². The molecule has 0 saturated carbocycles. The summed E-state index contributed by atoms with van der Waals surface area (Å²) in [4.78, 5) is 56.2. The molecule has 2 saturated heterocycles. The minimum absolute atomic E-state index is 0.0409. The van der Waals surface area contributed by atoms with E-state index in [2.05, 4.69) is 26.6 Å². The Morgan fingerprint density at radius 3 is 2.62 bits per heavy atom. The molecule has 56 heavy (non-hydrogen) atoms. The fraction of sp³-hybridized carbons (Fsp3) is 0.476. The molecule has 12 nitrogen and oxygen atoms in total. The maximum atomic E-state index is 14.6.